The van der Waals surface area contributed by atoms with Crippen LogP contribution in [-0.4, -0.2) is 23.1 Å². The minimum absolute atomic E-state index is 0.553. The third kappa shape index (κ3) is 4.28. The zero-order valence-corrected chi connectivity index (χ0v) is 12.4. The van der Waals surface area contributed by atoms with Gasteiger partial charge in [0.2, 0.25) is 11.6 Å². The predicted molar refractivity (Wildman–Crippen MR) is 69.1 cm³/mol. The van der Waals surface area contributed by atoms with Crippen molar-refractivity contribution >= 4 is 11.8 Å². The molecule has 1 saturated heterocycles. The van der Waals surface area contributed by atoms with Crippen LogP contribution in [0.15, 0.2) is 0 Å². The first-order chi connectivity index (χ1) is 8.75. The number of Topliss-reactive ketones (excluding diaryl/α,β-unsaturated/α-hetero) is 1. The van der Waals surface area contributed by atoms with Gasteiger partial charge in [0.25, 0.3) is 0 Å². The van der Waals surface area contributed by atoms with Crippen molar-refractivity contribution in [3.63, 3.8) is 0 Å². The molecule has 1 aliphatic heterocycles. The largest absolute Gasteiger partial charge is 0.454 e. The zero-order chi connectivity index (χ0) is 14.7. The molecule has 1 fully saturated rings. The fourth-order valence-corrected chi connectivity index (χ4v) is 2.09. The lowest BCUT2D eigenvalue weighted by atomic mass is 9.87. The van der Waals surface area contributed by atoms with Crippen LogP contribution in [0.5, 0.6) is 0 Å². The average molecular weight is 272 g/mol. The summed E-state index contributed by atoms with van der Waals surface area (Å²) in [6.07, 6.45) is 2.75. The van der Waals surface area contributed by atoms with Crippen molar-refractivity contribution in [2.24, 2.45) is 5.92 Å². The maximum absolute atomic E-state index is 12.2. The van der Waals surface area contributed by atoms with Gasteiger partial charge in [-0.2, -0.15) is 9.78 Å². The molecular weight excluding hydrogens is 248 g/mol. The van der Waals surface area contributed by atoms with E-state index in [2.05, 4.69) is 0 Å². The van der Waals surface area contributed by atoms with E-state index in [1.165, 1.54) is 0 Å². The van der Waals surface area contributed by atoms with Crippen molar-refractivity contribution in [1.82, 2.24) is 0 Å². The van der Waals surface area contributed by atoms with Crippen molar-refractivity contribution in [2.75, 3.05) is 0 Å². The number of ketones is 1. The summed E-state index contributed by atoms with van der Waals surface area (Å²) in [7, 11) is 0. The van der Waals surface area contributed by atoms with Crippen molar-refractivity contribution in [3.8, 4) is 0 Å². The number of rotatable bonds is 7. The summed E-state index contributed by atoms with van der Waals surface area (Å²) in [6, 6.07) is 0. The summed E-state index contributed by atoms with van der Waals surface area (Å²) in [5, 5.41) is 0. The first-order valence-corrected chi connectivity index (χ1v) is 6.89. The monoisotopic (exact) mass is 272 g/mol. The van der Waals surface area contributed by atoms with Gasteiger partial charge in [-0.25, -0.2) is 4.79 Å². The highest BCUT2D eigenvalue weighted by molar-refractivity contribution is 6.34. The van der Waals surface area contributed by atoms with Crippen LogP contribution in [0.1, 0.15) is 60.3 Å². The SMILES string of the molecule is CCCC(C(=O)C(=O)OC(C)(C)C)C1(CCC)OO1. The Morgan fingerprint density at radius 2 is 1.74 bits per heavy atom. The first kappa shape index (κ1) is 16.1. The van der Waals surface area contributed by atoms with Gasteiger partial charge in [-0.1, -0.05) is 26.7 Å². The van der Waals surface area contributed by atoms with Crippen molar-refractivity contribution in [2.45, 2.75) is 71.7 Å². The summed E-state index contributed by atoms with van der Waals surface area (Å²) in [6.45, 7) is 9.14. The number of carbonyl (C=O) groups is 2. The quantitative estimate of drug-likeness (QED) is 0.308. The van der Waals surface area contributed by atoms with E-state index in [1.807, 2.05) is 13.8 Å². The molecular formula is C14H24O5. The Kier molecular flexibility index (Phi) is 5.10. The molecule has 1 rings (SSSR count). The van der Waals surface area contributed by atoms with Crippen LogP contribution in [0.4, 0.5) is 0 Å². The average Bonchev–Trinajstić information content (AvgIpc) is 3.04. The Labute approximate surface area is 114 Å². The first-order valence-electron chi connectivity index (χ1n) is 6.89. The smallest absolute Gasteiger partial charge is 0.375 e. The predicted octanol–water partition coefficient (Wildman–Crippen LogP) is 2.77. The molecule has 0 radical (unpaired) electrons. The van der Waals surface area contributed by atoms with E-state index in [4.69, 9.17) is 14.5 Å². The molecule has 0 N–H and O–H groups in total. The van der Waals surface area contributed by atoms with Gasteiger partial charge in [-0.3, -0.25) is 4.79 Å². The summed E-state index contributed by atoms with van der Waals surface area (Å²) in [5.41, 5.74) is -0.674. The van der Waals surface area contributed by atoms with Crippen molar-refractivity contribution in [1.29, 1.82) is 0 Å². The summed E-state index contributed by atoms with van der Waals surface area (Å²) >= 11 is 0. The van der Waals surface area contributed by atoms with Gasteiger partial charge >= 0.3 is 5.97 Å². The number of hydrogen-bond acceptors (Lipinski definition) is 5. The molecule has 0 aromatic rings. The second-order valence-corrected chi connectivity index (χ2v) is 5.94. The third-order valence-corrected chi connectivity index (χ3v) is 2.92. The molecule has 0 aliphatic carbocycles. The fourth-order valence-electron chi connectivity index (χ4n) is 2.09. The van der Waals surface area contributed by atoms with Gasteiger partial charge in [0, 0.05) is 6.42 Å². The maximum atomic E-state index is 12.2. The van der Waals surface area contributed by atoms with Crippen LogP contribution in [0.3, 0.4) is 0 Å². The minimum atomic E-state index is -0.904. The van der Waals surface area contributed by atoms with Gasteiger partial charge < -0.3 is 4.74 Å². The van der Waals surface area contributed by atoms with Crippen LogP contribution >= 0.6 is 0 Å². The lowest BCUT2D eigenvalue weighted by Crippen LogP contribution is -2.39. The molecule has 1 heterocycles. The van der Waals surface area contributed by atoms with E-state index in [-0.39, 0.29) is 0 Å². The fraction of sp³-hybridized carbons (Fsp3) is 0.857. The summed E-state index contributed by atoms with van der Waals surface area (Å²) < 4.78 is 5.13. The van der Waals surface area contributed by atoms with Gasteiger partial charge in [0.05, 0.1) is 5.92 Å². The number of carbonyl (C=O) groups excluding carboxylic acids is 2. The van der Waals surface area contributed by atoms with E-state index in [0.29, 0.717) is 12.8 Å². The van der Waals surface area contributed by atoms with E-state index in [0.717, 1.165) is 12.8 Å². The Morgan fingerprint density at radius 1 is 1.16 bits per heavy atom. The van der Waals surface area contributed by atoms with Gasteiger partial charge in [0.15, 0.2) is 0 Å². The molecule has 1 aliphatic rings. The lowest BCUT2D eigenvalue weighted by molar-refractivity contribution is -0.165. The maximum Gasteiger partial charge on any atom is 0.375 e. The molecule has 1 unspecified atom stereocenters. The molecule has 19 heavy (non-hydrogen) atoms. The van der Waals surface area contributed by atoms with Crippen molar-refractivity contribution in [3.05, 3.63) is 0 Å². The molecule has 5 heteroatoms. The van der Waals surface area contributed by atoms with Gasteiger partial charge in [-0.05, 0) is 27.2 Å². The van der Waals surface area contributed by atoms with Crippen LogP contribution in [0, 0.1) is 5.92 Å². The Hall–Kier alpha value is -0.940. The highest BCUT2D eigenvalue weighted by Crippen LogP contribution is 2.44. The molecule has 5 nitrogen and oxygen atoms in total. The standard InChI is InChI=1S/C14H24O5/c1-6-8-10(14(9-7-2)18-19-14)11(15)12(16)17-13(3,4)5/h10H,6-9H2,1-5H3. The molecule has 0 spiro atoms. The Balaban J connectivity index is 2.76. The molecule has 0 bridgehead atoms. The molecule has 110 valence electrons. The number of ether oxygens (including phenoxy) is 1. The number of esters is 1. The van der Waals surface area contributed by atoms with Crippen LogP contribution in [0.25, 0.3) is 0 Å². The topological polar surface area (TPSA) is 68.4 Å². The van der Waals surface area contributed by atoms with Gasteiger partial charge in [0.1, 0.15) is 5.60 Å². The lowest BCUT2D eigenvalue weighted by Gasteiger charge is -2.22. The van der Waals surface area contributed by atoms with E-state index in [1.54, 1.807) is 20.8 Å². The second kappa shape index (κ2) is 6.01. The number of hydrogen-bond donors (Lipinski definition) is 0. The molecule has 1 atom stereocenters. The minimum Gasteiger partial charge on any atom is -0.454 e. The Morgan fingerprint density at radius 3 is 2.11 bits per heavy atom. The molecule has 0 aromatic carbocycles. The van der Waals surface area contributed by atoms with Crippen LogP contribution < -0.4 is 0 Å². The zero-order valence-electron chi connectivity index (χ0n) is 12.4. The highest BCUT2D eigenvalue weighted by atomic mass is 17.4. The van der Waals surface area contributed by atoms with Crippen molar-refractivity contribution < 1.29 is 24.1 Å². The van der Waals surface area contributed by atoms with E-state index < -0.39 is 29.1 Å². The second-order valence-electron chi connectivity index (χ2n) is 5.94. The summed E-state index contributed by atoms with van der Waals surface area (Å²) in [4.78, 5) is 34.2. The van der Waals surface area contributed by atoms with Crippen LogP contribution in [0.2, 0.25) is 0 Å². The third-order valence-electron chi connectivity index (χ3n) is 2.92. The van der Waals surface area contributed by atoms with Crippen LogP contribution in [-0.2, 0) is 24.1 Å². The molecule has 0 aromatic heterocycles. The summed E-state index contributed by atoms with van der Waals surface area (Å²) in [5.74, 6) is -2.84. The van der Waals surface area contributed by atoms with E-state index in [9.17, 15) is 9.59 Å². The van der Waals surface area contributed by atoms with Gasteiger partial charge in [-0.15, -0.1) is 0 Å². The Bertz CT molecular complexity index is 338. The molecule has 0 saturated carbocycles. The van der Waals surface area contributed by atoms with E-state index >= 15 is 0 Å². The molecule has 0 amide bonds. The highest BCUT2D eigenvalue weighted by Gasteiger charge is 2.58. The normalized spacial score (nSPS) is 18.8.